The first kappa shape index (κ1) is 11.8. The lowest BCUT2D eigenvalue weighted by atomic mass is 10.3. The van der Waals surface area contributed by atoms with Crippen molar-refractivity contribution in [3.63, 3.8) is 0 Å². The molecule has 0 aliphatic rings. The van der Waals surface area contributed by atoms with Crippen molar-refractivity contribution in [1.82, 2.24) is 14.3 Å². The molecule has 2 aromatic rings. The number of nitriles is 1. The molecule has 0 bridgehead atoms. The molecule has 0 aliphatic heterocycles. The summed E-state index contributed by atoms with van der Waals surface area (Å²) in [5, 5.41) is 9.53. The molecular formula is C10H9N5S2. The lowest BCUT2D eigenvalue weighted by Gasteiger charge is -1.99. The second-order valence-corrected chi connectivity index (χ2v) is 5.15. The maximum atomic E-state index is 8.82. The highest BCUT2D eigenvalue weighted by molar-refractivity contribution is 8.00. The van der Waals surface area contributed by atoms with E-state index in [1.165, 1.54) is 23.3 Å². The van der Waals surface area contributed by atoms with Crippen molar-refractivity contribution >= 4 is 29.0 Å². The van der Waals surface area contributed by atoms with Gasteiger partial charge >= 0.3 is 0 Å². The fourth-order valence-electron chi connectivity index (χ4n) is 1.11. The van der Waals surface area contributed by atoms with Gasteiger partial charge in [-0.15, -0.1) is 0 Å². The molecule has 0 aromatic carbocycles. The van der Waals surface area contributed by atoms with Gasteiger partial charge in [0.05, 0.1) is 5.69 Å². The zero-order valence-electron chi connectivity index (χ0n) is 9.04. The van der Waals surface area contributed by atoms with Gasteiger partial charge in [-0.1, -0.05) is 6.92 Å². The van der Waals surface area contributed by atoms with Crippen molar-refractivity contribution < 1.29 is 0 Å². The summed E-state index contributed by atoms with van der Waals surface area (Å²) >= 11 is 2.72. The summed E-state index contributed by atoms with van der Waals surface area (Å²) in [6, 6.07) is 5.40. The Labute approximate surface area is 107 Å². The number of hydrogen-bond donors (Lipinski definition) is 1. The maximum Gasteiger partial charge on any atom is 0.176 e. The fraction of sp³-hybridized carbons (Fsp3) is 0.200. The SMILES string of the molecule is CCc1nsc(Sc2ccc(N)c(C#N)n2)n1. The fourth-order valence-corrected chi connectivity index (χ4v) is 2.73. The normalized spacial score (nSPS) is 10.1. The van der Waals surface area contributed by atoms with Gasteiger partial charge in [-0.3, -0.25) is 0 Å². The van der Waals surface area contributed by atoms with Crippen molar-refractivity contribution in [3.8, 4) is 6.07 Å². The highest BCUT2D eigenvalue weighted by atomic mass is 32.2. The van der Waals surface area contributed by atoms with Crippen molar-refractivity contribution in [1.29, 1.82) is 5.26 Å². The minimum atomic E-state index is 0.246. The summed E-state index contributed by atoms with van der Waals surface area (Å²) in [7, 11) is 0. The minimum absolute atomic E-state index is 0.246. The topological polar surface area (TPSA) is 88.5 Å². The molecule has 0 atom stereocenters. The molecular weight excluding hydrogens is 254 g/mol. The Morgan fingerprint density at radius 3 is 2.94 bits per heavy atom. The molecule has 0 spiro atoms. The summed E-state index contributed by atoms with van der Waals surface area (Å²) in [5.41, 5.74) is 6.24. The molecule has 2 heterocycles. The third-order valence-electron chi connectivity index (χ3n) is 1.96. The third-order valence-corrected chi connectivity index (χ3v) is 3.69. The number of hydrogen-bond acceptors (Lipinski definition) is 7. The summed E-state index contributed by atoms with van der Waals surface area (Å²) in [6.45, 7) is 2.01. The van der Waals surface area contributed by atoms with Crippen LogP contribution in [-0.2, 0) is 6.42 Å². The van der Waals surface area contributed by atoms with E-state index in [1.54, 1.807) is 12.1 Å². The number of aromatic nitrogens is 3. The van der Waals surface area contributed by atoms with E-state index in [0.717, 1.165) is 16.6 Å². The molecule has 2 aromatic heterocycles. The molecule has 0 radical (unpaired) electrons. The van der Waals surface area contributed by atoms with Crippen LogP contribution < -0.4 is 5.73 Å². The van der Waals surface area contributed by atoms with Gasteiger partial charge in [-0.2, -0.15) is 9.64 Å². The quantitative estimate of drug-likeness (QED) is 0.912. The van der Waals surface area contributed by atoms with Gasteiger partial charge in [0.15, 0.2) is 10.0 Å². The van der Waals surface area contributed by atoms with Gasteiger partial charge in [0.2, 0.25) is 0 Å². The van der Waals surface area contributed by atoms with Crippen molar-refractivity contribution in [2.45, 2.75) is 22.7 Å². The van der Waals surface area contributed by atoms with Crippen LogP contribution in [0.2, 0.25) is 0 Å². The van der Waals surface area contributed by atoms with Crippen LogP contribution in [0.3, 0.4) is 0 Å². The van der Waals surface area contributed by atoms with Crippen LogP contribution in [-0.4, -0.2) is 14.3 Å². The first-order valence-electron chi connectivity index (χ1n) is 4.90. The van der Waals surface area contributed by atoms with Crippen LogP contribution in [0, 0.1) is 11.3 Å². The Bertz CT molecular complexity index is 572. The molecule has 7 heteroatoms. The first-order chi connectivity index (χ1) is 8.22. The van der Waals surface area contributed by atoms with E-state index in [1.807, 2.05) is 13.0 Å². The largest absolute Gasteiger partial charge is 0.396 e. The Morgan fingerprint density at radius 1 is 1.47 bits per heavy atom. The van der Waals surface area contributed by atoms with Gasteiger partial charge in [-0.25, -0.2) is 9.97 Å². The molecule has 0 aliphatic carbocycles. The minimum Gasteiger partial charge on any atom is -0.396 e. The van der Waals surface area contributed by atoms with E-state index < -0.39 is 0 Å². The Hall–Kier alpha value is -1.65. The van der Waals surface area contributed by atoms with Gasteiger partial charge in [-0.05, 0) is 35.4 Å². The van der Waals surface area contributed by atoms with E-state index in [4.69, 9.17) is 11.0 Å². The number of aryl methyl sites for hydroxylation is 1. The second-order valence-electron chi connectivity index (χ2n) is 3.13. The molecule has 0 amide bonds. The average Bonchev–Trinajstić information content (AvgIpc) is 2.79. The monoisotopic (exact) mass is 263 g/mol. The standard InChI is InChI=1S/C10H9N5S2/c1-2-8-14-10(17-15-8)16-9-4-3-6(12)7(5-11)13-9/h3-4H,2,12H2,1H3. The molecule has 0 unspecified atom stereocenters. The predicted octanol–water partition coefficient (Wildman–Crippen LogP) is 2.10. The number of pyridine rings is 1. The number of anilines is 1. The van der Waals surface area contributed by atoms with Crippen LogP contribution in [0.4, 0.5) is 5.69 Å². The molecule has 2 N–H and O–H groups in total. The lowest BCUT2D eigenvalue weighted by Crippen LogP contribution is -1.94. The Morgan fingerprint density at radius 2 is 2.29 bits per heavy atom. The summed E-state index contributed by atoms with van der Waals surface area (Å²) in [5.74, 6) is 0.827. The smallest absolute Gasteiger partial charge is 0.176 e. The molecule has 5 nitrogen and oxygen atoms in total. The van der Waals surface area contributed by atoms with E-state index in [9.17, 15) is 0 Å². The van der Waals surface area contributed by atoms with Crippen molar-refractivity contribution in [2.75, 3.05) is 5.73 Å². The van der Waals surface area contributed by atoms with E-state index in [0.29, 0.717) is 10.7 Å². The zero-order chi connectivity index (χ0) is 12.3. The molecule has 0 saturated heterocycles. The summed E-state index contributed by atoms with van der Waals surface area (Å²) < 4.78 is 5.01. The zero-order valence-corrected chi connectivity index (χ0v) is 10.7. The van der Waals surface area contributed by atoms with Crippen LogP contribution in [0.15, 0.2) is 21.5 Å². The first-order valence-corrected chi connectivity index (χ1v) is 6.49. The number of nitrogens with zero attached hydrogens (tertiary/aromatic N) is 4. The van der Waals surface area contributed by atoms with Crippen LogP contribution in [0.5, 0.6) is 0 Å². The van der Waals surface area contributed by atoms with Gasteiger partial charge in [0.25, 0.3) is 0 Å². The highest BCUT2D eigenvalue weighted by Gasteiger charge is 2.07. The second kappa shape index (κ2) is 5.12. The highest BCUT2D eigenvalue weighted by Crippen LogP contribution is 2.28. The Kier molecular flexibility index (Phi) is 3.56. The summed E-state index contributed by atoms with van der Waals surface area (Å²) in [4.78, 5) is 8.46. The summed E-state index contributed by atoms with van der Waals surface area (Å²) in [6.07, 6.45) is 0.815. The van der Waals surface area contributed by atoms with E-state index in [-0.39, 0.29) is 5.69 Å². The molecule has 0 fully saturated rings. The number of nitrogen functional groups attached to an aromatic ring is 1. The van der Waals surface area contributed by atoms with E-state index in [2.05, 4.69) is 14.3 Å². The van der Waals surface area contributed by atoms with Crippen LogP contribution in [0.1, 0.15) is 18.4 Å². The van der Waals surface area contributed by atoms with E-state index >= 15 is 0 Å². The van der Waals surface area contributed by atoms with Gasteiger partial charge < -0.3 is 5.73 Å². The van der Waals surface area contributed by atoms with Crippen LogP contribution in [0.25, 0.3) is 0 Å². The molecule has 2 rings (SSSR count). The van der Waals surface area contributed by atoms with Crippen molar-refractivity contribution in [3.05, 3.63) is 23.7 Å². The molecule has 17 heavy (non-hydrogen) atoms. The molecule has 86 valence electrons. The lowest BCUT2D eigenvalue weighted by molar-refractivity contribution is 0.970. The predicted molar refractivity (Wildman–Crippen MR) is 66.8 cm³/mol. The molecule has 0 saturated carbocycles. The number of rotatable bonds is 3. The van der Waals surface area contributed by atoms with Crippen LogP contribution >= 0.6 is 23.3 Å². The Balaban J connectivity index is 2.21. The van der Waals surface area contributed by atoms with Crippen molar-refractivity contribution in [2.24, 2.45) is 0 Å². The third kappa shape index (κ3) is 2.72. The van der Waals surface area contributed by atoms with Gasteiger partial charge in [0, 0.05) is 6.42 Å². The van der Waals surface area contributed by atoms with Gasteiger partial charge in [0.1, 0.15) is 16.9 Å². The maximum absolute atomic E-state index is 8.82. The number of nitrogens with two attached hydrogens (primary N) is 1. The average molecular weight is 263 g/mol.